The zero-order valence-electron chi connectivity index (χ0n) is 28.9. The van der Waals surface area contributed by atoms with Gasteiger partial charge in [-0.1, -0.05) is 41.0 Å². The molecule has 1 aliphatic carbocycles. The molecule has 4 atom stereocenters. The van der Waals surface area contributed by atoms with E-state index in [1.54, 1.807) is 58.0 Å². The van der Waals surface area contributed by atoms with Crippen molar-refractivity contribution >= 4 is 33.5 Å². The molecule has 3 aromatic rings. The summed E-state index contributed by atoms with van der Waals surface area (Å²) in [4.78, 5) is 35.6. The predicted octanol–water partition coefficient (Wildman–Crippen LogP) is 7.37. The van der Waals surface area contributed by atoms with Crippen LogP contribution in [0.5, 0.6) is 0 Å². The number of sulfonamides is 1. The van der Waals surface area contributed by atoms with Gasteiger partial charge in [-0.15, -0.1) is 0 Å². The highest BCUT2D eigenvalue weighted by Crippen LogP contribution is 2.37. The second-order valence-electron chi connectivity index (χ2n) is 14.1. The van der Waals surface area contributed by atoms with Gasteiger partial charge in [-0.2, -0.15) is 4.31 Å². The number of nitrogens with zero attached hydrogens (tertiary/aromatic N) is 6. The van der Waals surface area contributed by atoms with Crippen LogP contribution in [0, 0.1) is 11.6 Å². The van der Waals surface area contributed by atoms with Crippen LogP contribution < -0.4 is 0 Å². The van der Waals surface area contributed by atoms with Gasteiger partial charge in [0.2, 0.25) is 10.0 Å². The van der Waals surface area contributed by atoms with Crippen molar-refractivity contribution in [2.45, 2.75) is 94.7 Å². The number of piperazine rings is 1. The summed E-state index contributed by atoms with van der Waals surface area (Å²) in [7, 11) is -3.69. The van der Waals surface area contributed by atoms with E-state index in [0.29, 0.717) is 29.0 Å². The molecule has 0 spiro atoms. The van der Waals surface area contributed by atoms with Gasteiger partial charge in [0.1, 0.15) is 29.1 Å². The minimum absolute atomic E-state index is 0.0178. The van der Waals surface area contributed by atoms with Crippen molar-refractivity contribution in [2.24, 2.45) is 5.11 Å². The first-order valence-corrected chi connectivity index (χ1v) is 18.7. The van der Waals surface area contributed by atoms with Crippen LogP contribution >= 0.6 is 11.6 Å². The molecule has 1 aliphatic heterocycles. The van der Waals surface area contributed by atoms with Crippen LogP contribution in [-0.2, 0) is 32.4 Å². The Hall–Kier alpha value is -4.10. The summed E-state index contributed by atoms with van der Waals surface area (Å²) in [6.45, 7) is 7.17. The lowest BCUT2D eigenvalue weighted by molar-refractivity contribution is -0.119. The Morgan fingerprint density at radius 3 is 2.43 bits per heavy atom. The summed E-state index contributed by atoms with van der Waals surface area (Å²) in [6.07, 6.45) is 2.69. The molecule has 5 rings (SSSR count). The lowest BCUT2D eigenvalue weighted by Crippen LogP contribution is -2.61. The largest absolute Gasteiger partial charge is 0.444 e. The number of azide groups is 1. The van der Waals surface area contributed by atoms with Gasteiger partial charge in [0, 0.05) is 53.6 Å². The zero-order valence-corrected chi connectivity index (χ0v) is 30.4. The number of hydrogen-bond donors (Lipinski definition) is 0. The van der Waals surface area contributed by atoms with Crippen molar-refractivity contribution in [3.63, 3.8) is 0 Å². The van der Waals surface area contributed by atoms with Gasteiger partial charge in [-0.3, -0.25) is 9.78 Å². The minimum Gasteiger partial charge on any atom is -0.444 e. The second-order valence-corrected chi connectivity index (χ2v) is 16.7. The van der Waals surface area contributed by atoms with Crippen LogP contribution in [0.2, 0.25) is 5.02 Å². The summed E-state index contributed by atoms with van der Waals surface area (Å²) in [5.74, 6) is -2.69. The fourth-order valence-corrected chi connectivity index (χ4v) is 9.05. The van der Waals surface area contributed by atoms with E-state index in [1.807, 2.05) is 0 Å². The molecular formula is C36H41ClF2N6O5S. The number of ketones is 1. The number of rotatable bonds is 12. The molecular weight excluding hydrogens is 702 g/mol. The van der Waals surface area contributed by atoms with Crippen LogP contribution in [0.25, 0.3) is 10.4 Å². The molecule has 2 heterocycles. The molecule has 2 aromatic carbocycles. The highest BCUT2D eigenvalue weighted by atomic mass is 35.5. The third-order valence-electron chi connectivity index (χ3n) is 9.05. The Bertz CT molecular complexity index is 1920. The third-order valence-corrected chi connectivity index (χ3v) is 11.9. The first-order chi connectivity index (χ1) is 24.1. The Balaban J connectivity index is 1.44. The SMILES string of the molecule is C[C@H]1CN(C(=O)OC(C)(C)C)C[C@H](CCc2c(F)cncc2CC(=O)[C@@H](N=[N+]=[N-])[C@@H](c2ccc(Cl)cc2)c2cccc(F)c2)N1S(=O)(=O)C1CC1. The molecule has 2 fully saturated rings. The second kappa shape index (κ2) is 15.6. The molecule has 1 saturated carbocycles. The van der Waals surface area contributed by atoms with Crippen LogP contribution in [0.1, 0.15) is 75.1 Å². The molecule has 0 N–H and O–H groups in total. The maximum atomic E-state index is 15.6. The molecule has 11 nitrogen and oxygen atoms in total. The van der Waals surface area contributed by atoms with Crippen LogP contribution in [-0.4, -0.2) is 76.5 Å². The number of carbonyl (C=O) groups excluding carboxylic acids is 2. The summed E-state index contributed by atoms with van der Waals surface area (Å²) >= 11 is 6.11. The highest BCUT2D eigenvalue weighted by molar-refractivity contribution is 7.90. The Labute approximate surface area is 301 Å². The van der Waals surface area contributed by atoms with Gasteiger partial charge in [0.25, 0.3) is 0 Å². The quantitative estimate of drug-likeness (QED) is 0.108. The van der Waals surface area contributed by atoms with E-state index in [-0.39, 0.29) is 43.5 Å². The first-order valence-electron chi connectivity index (χ1n) is 16.8. The van der Waals surface area contributed by atoms with Gasteiger partial charge >= 0.3 is 6.09 Å². The number of amides is 1. The van der Waals surface area contributed by atoms with E-state index in [0.717, 1.165) is 6.20 Å². The van der Waals surface area contributed by atoms with Crippen LogP contribution in [0.3, 0.4) is 0 Å². The molecule has 2 aliphatic rings. The molecule has 15 heteroatoms. The van der Waals surface area contributed by atoms with Crippen molar-refractivity contribution < 1.29 is 31.5 Å². The first kappa shape index (κ1) is 38.1. The molecule has 1 amide bonds. The number of ether oxygens (including phenoxy) is 1. The fraction of sp³-hybridized carbons (Fsp3) is 0.472. The van der Waals surface area contributed by atoms with Crippen molar-refractivity contribution in [1.82, 2.24) is 14.2 Å². The van der Waals surface area contributed by atoms with E-state index in [1.165, 1.54) is 33.6 Å². The zero-order chi connectivity index (χ0) is 37.1. The normalized spacial score (nSPS) is 19.5. The van der Waals surface area contributed by atoms with Gasteiger partial charge in [-0.05, 0) is 105 Å². The number of Topliss-reactive ketones (excluding diaryl/α,β-unsaturated/α-hetero) is 1. The van der Waals surface area contributed by atoms with Crippen molar-refractivity contribution in [3.05, 3.63) is 110 Å². The molecule has 0 bridgehead atoms. The number of aromatic nitrogens is 1. The molecule has 51 heavy (non-hydrogen) atoms. The smallest absolute Gasteiger partial charge is 0.410 e. The van der Waals surface area contributed by atoms with Crippen LogP contribution in [0.4, 0.5) is 13.6 Å². The number of pyridine rings is 1. The maximum Gasteiger partial charge on any atom is 0.410 e. The summed E-state index contributed by atoms with van der Waals surface area (Å²) in [6, 6.07) is 9.57. The predicted molar refractivity (Wildman–Crippen MR) is 189 cm³/mol. The Morgan fingerprint density at radius 1 is 1.10 bits per heavy atom. The molecule has 0 unspecified atom stereocenters. The van der Waals surface area contributed by atoms with E-state index < -0.39 is 68.4 Å². The number of halogens is 3. The third kappa shape index (κ3) is 9.23. The molecule has 0 radical (unpaired) electrons. The monoisotopic (exact) mass is 742 g/mol. The maximum absolute atomic E-state index is 15.6. The van der Waals surface area contributed by atoms with E-state index in [4.69, 9.17) is 16.3 Å². The van der Waals surface area contributed by atoms with Crippen molar-refractivity contribution in [1.29, 1.82) is 0 Å². The lowest BCUT2D eigenvalue weighted by Gasteiger charge is -2.45. The van der Waals surface area contributed by atoms with E-state index >= 15 is 4.39 Å². The summed E-state index contributed by atoms with van der Waals surface area (Å²) in [5, 5.41) is 3.79. The van der Waals surface area contributed by atoms with E-state index in [2.05, 4.69) is 15.0 Å². The average Bonchev–Trinajstić information content (AvgIpc) is 3.91. The Kier molecular flexibility index (Phi) is 11.7. The minimum atomic E-state index is -3.69. The fourth-order valence-electron chi connectivity index (χ4n) is 6.70. The van der Waals surface area contributed by atoms with Crippen molar-refractivity contribution in [2.75, 3.05) is 13.1 Å². The van der Waals surface area contributed by atoms with Crippen LogP contribution in [0.15, 0.2) is 66.0 Å². The topological polar surface area (TPSA) is 146 Å². The summed E-state index contributed by atoms with van der Waals surface area (Å²) < 4.78 is 64.3. The molecule has 1 saturated heterocycles. The van der Waals surface area contributed by atoms with E-state index in [9.17, 15) is 27.9 Å². The number of carbonyl (C=O) groups is 2. The lowest BCUT2D eigenvalue weighted by atomic mass is 9.82. The highest BCUT2D eigenvalue weighted by Gasteiger charge is 2.48. The molecule has 1 aromatic heterocycles. The summed E-state index contributed by atoms with van der Waals surface area (Å²) in [5.41, 5.74) is 10.1. The van der Waals surface area contributed by atoms with Gasteiger partial charge < -0.3 is 9.64 Å². The van der Waals surface area contributed by atoms with Gasteiger partial charge in [0.15, 0.2) is 0 Å². The standard InChI is InChI=1S/C36H41ClF2N6O5S/c1-22-20-44(35(47)50-36(2,3)4)21-28(45(22)51(48,49)29-13-14-29)12-15-30-25(18-41-19-31(30)39)17-32(46)34(42-43-40)33(23-8-10-26(37)11-9-23)24-6-5-7-27(38)16-24/h5-11,16,18-19,22,28-29,33-34H,12-15,17,20-21H2,1-4H3/t22-,28-,33-,34+/m0/s1. The molecule has 272 valence electrons. The van der Waals surface area contributed by atoms with Gasteiger partial charge in [-0.25, -0.2) is 22.0 Å². The average molecular weight is 743 g/mol. The Morgan fingerprint density at radius 2 is 1.80 bits per heavy atom. The number of benzene rings is 2. The van der Waals surface area contributed by atoms with Crippen molar-refractivity contribution in [3.8, 4) is 0 Å². The van der Waals surface area contributed by atoms with Gasteiger partial charge in [0.05, 0.1) is 11.4 Å². The number of hydrogen-bond acceptors (Lipinski definition) is 7.